The second-order valence-electron chi connectivity index (χ2n) is 14.1. The highest BCUT2D eigenvalue weighted by molar-refractivity contribution is 5.25. The minimum absolute atomic E-state index is 0.537. The van der Waals surface area contributed by atoms with Gasteiger partial charge in [-0.25, -0.2) is 0 Å². The minimum Gasteiger partial charge on any atom is -0.0845 e. The third-order valence-electron chi connectivity index (χ3n) is 12.3. The Morgan fingerprint density at radius 1 is 0.906 bits per heavy atom. The van der Waals surface area contributed by atoms with Crippen LogP contribution in [0.15, 0.2) is 11.6 Å². The molecular weight excluding hydrogens is 384 g/mol. The van der Waals surface area contributed by atoms with Crippen LogP contribution in [0.1, 0.15) is 138 Å². The van der Waals surface area contributed by atoms with Crippen molar-refractivity contribution in [2.45, 2.75) is 138 Å². The van der Waals surface area contributed by atoms with Gasteiger partial charge >= 0.3 is 0 Å². The van der Waals surface area contributed by atoms with Crippen molar-refractivity contribution in [3.05, 3.63) is 11.6 Å². The van der Waals surface area contributed by atoms with E-state index in [9.17, 15) is 0 Å². The van der Waals surface area contributed by atoms with Crippen LogP contribution in [0.5, 0.6) is 0 Å². The van der Waals surface area contributed by atoms with Gasteiger partial charge in [-0.3, -0.25) is 0 Å². The highest BCUT2D eigenvalue weighted by Crippen LogP contribution is 2.71. The molecule has 0 aromatic carbocycles. The maximum atomic E-state index is 2.80. The van der Waals surface area contributed by atoms with E-state index in [1.165, 1.54) is 89.9 Å². The lowest BCUT2D eigenvalue weighted by Crippen LogP contribution is -2.52. The van der Waals surface area contributed by atoms with Crippen molar-refractivity contribution in [3.8, 4) is 0 Å². The number of rotatable bonds is 8. The first kappa shape index (κ1) is 24.9. The van der Waals surface area contributed by atoms with Crippen LogP contribution in [0.2, 0.25) is 0 Å². The van der Waals surface area contributed by atoms with Crippen LogP contribution in [0.3, 0.4) is 0 Å². The Morgan fingerprint density at radius 2 is 1.66 bits per heavy atom. The van der Waals surface area contributed by atoms with E-state index in [2.05, 4.69) is 54.5 Å². The average Bonchev–Trinajstić information content (AvgIpc) is 3.04. The quantitative estimate of drug-likeness (QED) is 0.329. The lowest BCUT2D eigenvalue weighted by atomic mass is 9.44. The Hall–Kier alpha value is -0.260. The molecule has 0 aromatic heterocycles. The zero-order valence-electron chi connectivity index (χ0n) is 22.9. The molecule has 0 heterocycles. The molecular formula is C32H56. The van der Waals surface area contributed by atoms with Gasteiger partial charge < -0.3 is 0 Å². The Morgan fingerprint density at radius 3 is 2.38 bits per heavy atom. The third-order valence-corrected chi connectivity index (χ3v) is 12.3. The van der Waals surface area contributed by atoms with Crippen molar-refractivity contribution in [2.24, 2.45) is 51.8 Å². The normalized spacial score (nSPS) is 44.6. The molecule has 0 spiro atoms. The number of unbranched alkanes of at least 4 members (excludes halogenated alkanes) is 1. The molecule has 184 valence electrons. The standard InChI is InChI=1S/C32H56/c1-8-9-13-25-16-19-30(5)26(22-25)14-15-27-28(30)17-21-32(7)29(27)18-20-31(32,6)24(4)12-10-11-23(2)3/h14,23-25,27-29H,8-13,15-22H2,1-7H3/t24-,25?,27?,28?,29?,30+,31-,32+/m1/s1. The summed E-state index contributed by atoms with van der Waals surface area (Å²) in [6, 6.07) is 0. The van der Waals surface area contributed by atoms with Crippen LogP contribution in [0, 0.1) is 51.8 Å². The molecule has 4 unspecified atom stereocenters. The second-order valence-corrected chi connectivity index (χ2v) is 14.1. The SMILES string of the molecule is CCCCC1CC[C@@]2(C)C(=CCC3C2CC[C@@]2(C)C3CC[C@]2(C)[C@H](C)CCCC(C)C)C1. The second kappa shape index (κ2) is 9.41. The van der Waals surface area contributed by atoms with Crippen molar-refractivity contribution >= 4 is 0 Å². The molecule has 0 bridgehead atoms. The van der Waals surface area contributed by atoms with E-state index in [0.717, 1.165) is 35.5 Å². The van der Waals surface area contributed by atoms with Crippen molar-refractivity contribution in [1.82, 2.24) is 0 Å². The average molecular weight is 441 g/mol. The van der Waals surface area contributed by atoms with Crippen LogP contribution in [-0.4, -0.2) is 0 Å². The monoisotopic (exact) mass is 440 g/mol. The van der Waals surface area contributed by atoms with Crippen LogP contribution >= 0.6 is 0 Å². The van der Waals surface area contributed by atoms with Crippen molar-refractivity contribution in [2.75, 3.05) is 0 Å². The molecule has 0 saturated heterocycles. The summed E-state index contributed by atoms with van der Waals surface area (Å²) in [5, 5.41) is 0. The number of fused-ring (bicyclic) bond motifs is 5. The first-order valence-corrected chi connectivity index (χ1v) is 14.8. The number of allylic oxidation sites excluding steroid dienone is 2. The molecule has 0 amide bonds. The molecule has 4 rings (SSSR count). The van der Waals surface area contributed by atoms with Gasteiger partial charge in [-0.15, -0.1) is 0 Å². The summed E-state index contributed by atoms with van der Waals surface area (Å²) in [5.74, 6) is 5.66. The number of hydrogen-bond donors (Lipinski definition) is 0. The van der Waals surface area contributed by atoms with Gasteiger partial charge in [0.2, 0.25) is 0 Å². The molecule has 0 heteroatoms. The molecule has 8 atom stereocenters. The van der Waals surface area contributed by atoms with Gasteiger partial charge in [0.05, 0.1) is 0 Å². The lowest BCUT2D eigenvalue weighted by Gasteiger charge is -2.60. The van der Waals surface area contributed by atoms with E-state index in [4.69, 9.17) is 0 Å². The van der Waals surface area contributed by atoms with Crippen molar-refractivity contribution in [1.29, 1.82) is 0 Å². The van der Waals surface area contributed by atoms with E-state index < -0.39 is 0 Å². The predicted octanol–water partition coefficient (Wildman–Crippen LogP) is 10.2. The first-order valence-electron chi connectivity index (χ1n) is 14.8. The van der Waals surface area contributed by atoms with Gasteiger partial charge in [-0.2, -0.15) is 0 Å². The van der Waals surface area contributed by atoms with Crippen molar-refractivity contribution < 1.29 is 0 Å². The molecule has 32 heavy (non-hydrogen) atoms. The summed E-state index contributed by atoms with van der Waals surface area (Å²) in [5.41, 5.74) is 3.57. The van der Waals surface area contributed by atoms with E-state index in [-0.39, 0.29) is 0 Å². The molecule has 0 N–H and O–H groups in total. The minimum atomic E-state index is 0.537. The molecule has 4 aliphatic carbocycles. The van der Waals surface area contributed by atoms with Gasteiger partial charge in [-0.05, 0) is 103 Å². The highest BCUT2D eigenvalue weighted by Gasteiger charge is 2.63. The smallest absolute Gasteiger partial charge is 0.00851 e. The Kier molecular flexibility index (Phi) is 7.31. The zero-order chi connectivity index (χ0) is 23.1. The topological polar surface area (TPSA) is 0 Å². The fourth-order valence-corrected chi connectivity index (χ4v) is 9.74. The van der Waals surface area contributed by atoms with E-state index in [1.807, 2.05) is 5.57 Å². The largest absolute Gasteiger partial charge is 0.0845 e. The number of hydrogen-bond acceptors (Lipinski definition) is 0. The molecule has 0 radical (unpaired) electrons. The van der Waals surface area contributed by atoms with Crippen LogP contribution in [-0.2, 0) is 0 Å². The molecule has 0 aromatic rings. The maximum absolute atomic E-state index is 2.80. The van der Waals surface area contributed by atoms with Gasteiger partial charge in [0.1, 0.15) is 0 Å². The summed E-state index contributed by atoms with van der Waals surface area (Å²) in [6.07, 6.45) is 23.2. The summed E-state index contributed by atoms with van der Waals surface area (Å²) in [7, 11) is 0. The van der Waals surface area contributed by atoms with Crippen molar-refractivity contribution in [3.63, 3.8) is 0 Å². The van der Waals surface area contributed by atoms with Gasteiger partial charge in [0, 0.05) is 0 Å². The summed E-state index contributed by atoms with van der Waals surface area (Å²) in [4.78, 5) is 0. The molecule has 0 aliphatic heterocycles. The predicted molar refractivity (Wildman–Crippen MR) is 141 cm³/mol. The van der Waals surface area contributed by atoms with Gasteiger partial charge in [0.15, 0.2) is 0 Å². The van der Waals surface area contributed by atoms with Crippen LogP contribution < -0.4 is 0 Å². The molecule has 3 saturated carbocycles. The molecule has 4 aliphatic rings. The van der Waals surface area contributed by atoms with Crippen LogP contribution in [0.4, 0.5) is 0 Å². The highest BCUT2D eigenvalue weighted by atomic mass is 14.7. The molecule has 0 nitrogen and oxygen atoms in total. The zero-order valence-corrected chi connectivity index (χ0v) is 22.9. The van der Waals surface area contributed by atoms with Gasteiger partial charge in [-0.1, -0.05) is 98.6 Å². The summed E-state index contributed by atoms with van der Waals surface area (Å²) < 4.78 is 0. The van der Waals surface area contributed by atoms with Gasteiger partial charge in [0.25, 0.3) is 0 Å². The Labute approximate surface area is 201 Å². The molecule has 3 fully saturated rings. The Balaban J connectivity index is 1.49. The first-order chi connectivity index (χ1) is 15.2. The van der Waals surface area contributed by atoms with E-state index in [1.54, 1.807) is 0 Å². The van der Waals surface area contributed by atoms with E-state index >= 15 is 0 Å². The maximum Gasteiger partial charge on any atom is -0.00851 e. The fourth-order valence-electron chi connectivity index (χ4n) is 9.74. The fraction of sp³-hybridized carbons (Fsp3) is 0.938. The summed E-state index contributed by atoms with van der Waals surface area (Å²) in [6.45, 7) is 17.9. The third kappa shape index (κ3) is 4.06. The van der Waals surface area contributed by atoms with E-state index in [0.29, 0.717) is 16.2 Å². The van der Waals surface area contributed by atoms with Crippen LogP contribution in [0.25, 0.3) is 0 Å². The lowest BCUT2D eigenvalue weighted by molar-refractivity contribution is -0.0868. The summed E-state index contributed by atoms with van der Waals surface area (Å²) >= 11 is 0. The Bertz CT molecular complexity index is 672.